The molecule has 1 aliphatic heterocycles. The lowest BCUT2D eigenvalue weighted by Gasteiger charge is -2.26. The second-order valence-electron chi connectivity index (χ2n) is 8.41. The molecule has 4 aromatic rings. The Labute approximate surface area is 205 Å². The first-order chi connectivity index (χ1) is 16.3. The number of carbonyl (C=O) groups is 1. The summed E-state index contributed by atoms with van der Waals surface area (Å²) < 4.78 is 8.67. The van der Waals surface area contributed by atoms with Gasteiger partial charge in [-0.25, -0.2) is 9.67 Å². The molecule has 0 atom stereocenters. The van der Waals surface area contributed by atoms with Crippen LogP contribution in [0.4, 0.5) is 0 Å². The number of amides is 1. The van der Waals surface area contributed by atoms with Crippen LogP contribution >= 0.6 is 22.9 Å². The van der Waals surface area contributed by atoms with E-state index in [1.54, 1.807) is 14.0 Å². The van der Waals surface area contributed by atoms with Crippen molar-refractivity contribution < 1.29 is 9.53 Å². The molecule has 4 heterocycles. The highest BCUT2D eigenvalue weighted by Gasteiger charge is 2.22. The van der Waals surface area contributed by atoms with Crippen LogP contribution in [0.5, 0.6) is 0 Å². The minimum Gasteiger partial charge on any atom is -0.378 e. The molecule has 5 rings (SSSR count). The van der Waals surface area contributed by atoms with Gasteiger partial charge in [-0.2, -0.15) is 5.10 Å². The predicted molar refractivity (Wildman–Crippen MR) is 132 cm³/mol. The van der Waals surface area contributed by atoms with Crippen LogP contribution in [-0.4, -0.2) is 56.3 Å². The van der Waals surface area contributed by atoms with Gasteiger partial charge in [0.2, 0.25) is 5.91 Å². The molecule has 0 saturated carbocycles. The van der Waals surface area contributed by atoms with Gasteiger partial charge in [0.05, 0.1) is 36.6 Å². The fourth-order valence-corrected chi connectivity index (χ4v) is 5.35. The molecule has 0 spiro atoms. The number of thiazole rings is 1. The number of morpholine rings is 1. The van der Waals surface area contributed by atoms with Crippen molar-refractivity contribution in [1.82, 2.24) is 24.1 Å². The molecule has 0 N–H and O–H groups in total. The number of halogens is 1. The third-order valence-corrected chi connectivity index (χ3v) is 7.17. The van der Waals surface area contributed by atoms with Crippen molar-refractivity contribution in [3.63, 3.8) is 0 Å². The molecule has 1 aromatic carbocycles. The number of aromatic nitrogens is 4. The fourth-order valence-electron chi connectivity index (χ4n) is 4.25. The summed E-state index contributed by atoms with van der Waals surface area (Å²) in [6.07, 6.45) is 0.138. The van der Waals surface area contributed by atoms with E-state index < -0.39 is 0 Å². The molecule has 1 saturated heterocycles. The van der Waals surface area contributed by atoms with E-state index >= 15 is 0 Å². The Morgan fingerprint density at radius 1 is 1.18 bits per heavy atom. The number of aryl methyl sites for hydroxylation is 3. The van der Waals surface area contributed by atoms with Gasteiger partial charge in [0, 0.05) is 34.9 Å². The van der Waals surface area contributed by atoms with E-state index in [-0.39, 0.29) is 17.9 Å². The Balaban J connectivity index is 1.57. The first-order valence-corrected chi connectivity index (χ1v) is 12.3. The van der Waals surface area contributed by atoms with Crippen LogP contribution < -0.4 is 5.56 Å². The maximum atomic E-state index is 13.7. The van der Waals surface area contributed by atoms with Gasteiger partial charge in [-0.15, -0.1) is 11.3 Å². The monoisotopic (exact) mass is 497 g/mol. The van der Waals surface area contributed by atoms with E-state index in [0.717, 1.165) is 16.9 Å². The lowest BCUT2D eigenvalue weighted by molar-refractivity contribution is -0.134. The highest BCUT2D eigenvalue weighted by molar-refractivity contribution is 7.15. The number of nitrogens with zero attached hydrogens (tertiary/aromatic N) is 5. The molecule has 0 radical (unpaired) electrons. The fraction of sp³-hybridized carbons (Fsp3) is 0.333. The molecule has 1 aliphatic rings. The van der Waals surface area contributed by atoms with E-state index in [2.05, 4.69) is 4.98 Å². The predicted octanol–water partition coefficient (Wildman–Crippen LogP) is 3.59. The Bertz CT molecular complexity index is 1470. The number of fused-ring (bicyclic) bond motifs is 1. The van der Waals surface area contributed by atoms with Crippen LogP contribution in [0.1, 0.15) is 22.6 Å². The quantitative estimate of drug-likeness (QED) is 0.430. The van der Waals surface area contributed by atoms with Gasteiger partial charge < -0.3 is 9.64 Å². The number of hydrogen-bond acceptors (Lipinski definition) is 6. The van der Waals surface area contributed by atoms with Gasteiger partial charge in [0.25, 0.3) is 5.56 Å². The third kappa shape index (κ3) is 4.04. The SMILES string of the molecule is Cc1ccc(Cl)cc1-n1nc(-c2c(C)nc3scc(CC(=O)N4CCOCC4)n3c2=O)cc1C. The normalized spacial score (nSPS) is 14.2. The van der Waals surface area contributed by atoms with Gasteiger partial charge in [-0.1, -0.05) is 17.7 Å². The number of hydrogen-bond donors (Lipinski definition) is 0. The second-order valence-corrected chi connectivity index (χ2v) is 9.68. The summed E-state index contributed by atoms with van der Waals surface area (Å²) >= 11 is 7.58. The standard InChI is InChI=1S/C24H24ClN5O3S/c1-14-4-5-17(25)11-20(14)30-15(2)10-19(27-30)22-16(3)26-24-29(23(22)32)18(13-34-24)12-21(31)28-6-8-33-9-7-28/h4-5,10-11,13H,6-9,12H2,1-3H3. The zero-order valence-corrected chi connectivity index (χ0v) is 20.7. The zero-order chi connectivity index (χ0) is 24.0. The van der Waals surface area contributed by atoms with Gasteiger partial charge in [0.1, 0.15) is 5.69 Å². The first kappa shape index (κ1) is 22.8. The number of benzene rings is 1. The van der Waals surface area contributed by atoms with E-state index in [9.17, 15) is 9.59 Å². The van der Waals surface area contributed by atoms with Crippen molar-refractivity contribution in [1.29, 1.82) is 0 Å². The summed E-state index contributed by atoms with van der Waals surface area (Å²) in [5.74, 6) is -0.0198. The maximum Gasteiger partial charge on any atom is 0.268 e. The molecule has 0 aliphatic carbocycles. The molecule has 34 heavy (non-hydrogen) atoms. The van der Waals surface area contributed by atoms with E-state index in [1.807, 2.05) is 50.4 Å². The molecule has 1 amide bonds. The van der Waals surface area contributed by atoms with Crippen LogP contribution in [0, 0.1) is 20.8 Å². The van der Waals surface area contributed by atoms with Crippen LogP contribution in [0.3, 0.4) is 0 Å². The summed E-state index contributed by atoms with van der Waals surface area (Å²) in [5, 5.41) is 7.20. The van der Waals surface area contributed by atoms with Gasteiger partial charge in [-0.3, -0.25) is 14.0 Å². The summed E-state index contributed by atoms with van der Waals surface area (Å²) in [6, 6.07) is 7.51. The van der Waals surface area contributed by atoms with Crippen molar-refractivity contribution >= 4 is 33.8 Å². The maximum absolute atomic E-state index is 13.7. The Hall–Kier alpha value is -3.01. The highest BCUT2D eigenvalue weighted by atomic mass is 35.5. The smallest absolute Gasteiger partial charge is 0.268 e. The molecular formula is C24H24ClN5O3S. The molecule has 0 unspecified atom stereocenters. The van der Waals surface area contributed by atoms with E-state index in [1.165, 1.54) is 11.3 Å². The molecule has 8 nitrogen and oxygen atoms in total. The third-order valence-electron chi connectivity index (χ3n) is 6.06. The zero-order valence-electron chi connectivity index (χ0n) is 19.2. The van der Waals surface area contributed by atoms with Crippen LogP contribution in [0.2, 0.25) is 5.02 Å². The molecule has 3 aromatic heterocycles. The Kier molecular flexibility index (Phi) is 6.01. The van der Waals surface area contributed by atoms with Crippen molar-refractivity contribution in [2.75, 3.05) is 26.3 Å². The Morgan fingerprint density at radius 2 is 1.94 bits per heavy atom. The lowest BCUT2D eigenvalue weighted by atomic mass is 10.1. The Morgan fingerprint density at radius 3 is 2.71 bits per heavy atom. The number of rotatable bonds is 4. The largest absolute Gasteiger partial charge is 0.378 e. The molecule has 10 heteroatoms. The number of carbonyl (C=O) groups excluding carboxylic acids is 1. The van der Waals surface area contributed by atoms with Crippen molar-refractivity contribution in [2.24, 2.45) is 0 Å². The van der Waals surface area contributed by atoms with Crippen LogP contribution in [-0.2, 0) is 16.0 Å². The second kappa shape index (κ2) is 8.98. The van der Waals surface area contributed by atoms with Gasteiger partial charge in [0.15, 0.2) is 4.96 Å². The lowest BCUT2D eigenvalue weighted by Crippen LogP contribution is -2.41. The average molecular weight is 498 g/mol. The van der Waals surface area contributed by atoms with Crippen molar-refractivity contribution in [3.05, 3.63) is 67.7 Å². The topological polar surface area (TPSA) is 81.7 Å². The average Bonchev–Trinajstić information content (AvgIpc) is 3.39. The van der Waals surface area contributed by atoms with E-state index in [0.29, 0.717) is 58.9 Å². The summed E-state index contributed by atoms with van der Waals surface area (Å²) in [4.78, 5) is 33.5. The first-order valence-electron chi connectivity index (χ1n) is 11.0. The van der Waals surface area contributed by atoms with E-state index in [4.69, 9.17) is 21.4 Å². The minimum absolute atomic E-state index is 0.0198. The van der Waals surface area contributed by atoms with Crippen LogP contribution in [0.25, 0.3) is 21.9 Å². The molecule has 0 bridgehead atoms. The minimum atomic E-state index is -0.221. The van der Waals surface area contributed by atoms with Crippen molar-refractivity contribution in [2.45, 2.75) is 27.2 Å². The molecular weight excluding hydrogens is 474 g/mol. The number of ether oxygens (including phenoxy) is 1. The highest BCUT2D eigenvalue weighted by Crippen LogP contribution is 2.26. The van der Waals surface area contributed by atoms with Gasteiger partial charge >= 0.3 is 0 Å². The summed E-state index contributed by atoms with van der Waals surface area (Å²) in [7, 11) is 0. The summed E-state index contributed by atoms with van der Waals surface area (Å²) in [6.45, 7) is 7.95. The molecule has 176 valence electrons. The van der Waals surface area contributed by atoms with Crippen LogP contribution in [0.15, 0.2) is 34.4 Å². The summed E-state index contributed by atoms with van der Waals surface area (Å²) in [5.41, 5.74) is 4.73. The van der Waals surface area contributed by atoms with Crippen molar-refractivity contribution in [3.8, 4) is 16.9 Å². The molecule has 1 fully saturated rings. The van der Waals surface area contributed by atoms with Gasteiger partial charge in [-0.05, 0) is 44.5 Å².